The van der Waals surface area contributed by atoms with Crippen LogP contribution in [0.1, 0.15) is 10.6 Å². The molecule has 1 saturated heterocycles. The van der Waals surface area contributed by atoms with Crippen LogP contribution in [-0.2, 0) is 23.1 Å². The van der Waals surface area contributed by atoms with E-state index in [1.807, 2.05) is 4.90 Å². The van der Waals surface area contributed by atoms with Gasteiger partial charge in [0.1, 0.15) is 11.9 Å². The predicted molar refractivity (Wildman–Crippen MR) is 123 cm³/mol. The molecule has 1 aliphatic heterocycles. The zero-order chi connectivity index (χ0) is 24.2. The molecule has 34 heavy (non-hydrogen) atoms. The summed E-state index contributed by atoms with van der Waals surface area (Å²) in [7, 11) is 3.02. The van der Waals surface area contributed by atoms with Gasteiger partial charge in [0.05, 0.1) is 18.6 Å². The maximum Gasteiger partial charge on any atom is 0.332 e. The minimum Gasteiger partial charge on any atom is -0.459 e. The van der Waals surface area contributed by atoms with Crippen LogP contribution in [0.5, 0.6) is 0 Å². The highest BCUT2D eigenvalue weighted by molar-refractivity contribution is 5.92. The van der Waals surface area contributed by atoms with Crippen molar-refractivity contribution in [1.82, 2.24) is 24.3 Å². The largest absolute Gasteiger partial charge is 0.459 e. The van der Waals surface area contributed by atoms with E-state index in [1.165, 1.54) is 25.0 Å². The first kappa shape index (κ1) is 23.2. The second-order valence-corrected chi connectivity index (χ2v) is 7.86. The Hall–Kier alpha value is -3.93. The second-order valence-electron chi connectivity index (χ2n) is 7.86. The summed E-state index contributed by atoms with van der Waals surface area (Å²) in [6.45, 7) is 2.00. The molecule has 1 aliphatic rings. The monoisotopic (exact) mass is 470 g/mol. The molecule has 2 amide bonds. The van der Waals surface area contributed by atoms with Crippen LogP contribution < -0.4 is 21.5 Å². The molecule has 0 unspecified atom stereocenters. The Morgan fingerprint density at radius 1 is 1.18 bits per heavy atom. The number of hydrogen-bond donors (Lipinski definition) is 1. The third-order valence-electron chi connectivity index (χ3n) is 5.77. The molecule has 0 radical (unpaired) electrons. The van der Waals surface area contributed by atoms with E-state index in [9.17, 15) is 19.2 Å². The van der Waals surface area contributed by atoms with E-state index in [1.54, 1.807) is 29.3 Å². The number of rotatable bonds is 7. The fourth-order valence-electron chi connectivity index (χ4n) is 4.00. The number of fused-ring (bicyclic) bond motifs is 1. The molecule has 12 heteroatoms. The Labute approximate surface area is 194 Å². The zero-order valence-electron chi connectivity index (χ0n) is 19.0. The molecule has 1 N–H and O–H groups in total. The van der Waals surface area contributed by atoms with Crippen LogP contribution in [0, 0.1) is 0 Å². The van der Waals surface area contributed by atoms with Gasteiger partial charge in [0.15, 0.2) is 11.4 Å². The number of anilines is 1. The molecular weight excluding hydrogens is 444 g/mol. The number of nitrogens with zero attached hydrogens (tertiary/aromatic N) is 5. The van der Waals surface area contributed by atoms with Crippen LogP contribution in [0.15, 0.2) is 44.7 Å². The first-order valence-electron chi connectivity index (χ1n) is 10.8. The highest BCUT2D eigenvalue weighted by Gasteiger charge is 2.26. The first-order chi connectivity index (χ1) is 16.4. The van der Waals surface area contributed by atoms with E-state index >= 15 is 0 Å². The van der Waals surface area contributed by atoms with Gasteiger partial charge in [-0.25, -0.2) is 9.78 Å². The number of methoxy groups -OCH3 is 1. The average Bonchev–Trinajstić information content (AvgIpc) is 3.40. The summed E-state index contributed by atoms with van der Waals surface area (Å²) < 4.78 is 12.3. The molecule has 0 aliphatic carbocycles. The Bertz CT molecular complexity index is 1300. The summed E-state index contributed by atoms with van der Waals surface area (Å²) in [5.74, 6) is -0.371. The molecule has 0 atom stereocenters. The van der Waals surface area contributed by atoms with Gasteiger partial charge in [-0.1, -0.05) is 0 Å². The Morgan fingerprint density at radius 2 is 1.94 bits per heavy atom. The number of ether oxygens (including phenoxy) is 1. The molecule has 180 valence electrons. The van der Waals surface area contributed by atoms with Crippen LogP contribution in [0.3, 0.4) is 0 Å². The van der Waals surface area contributed by atoms with Gasteiger partial charge in [0.25, 0.3) is 11.5 Å². The minimum atomic E-state index is -0.627. The number of pyridine rings is 1. The molecule has 3 aromatic rings. The van der Waals surface area contributed by atoms with E-state index in [2.05, 4.69) is 10.3 Å². The summed E-state index contributed by atoms with van der Waals surface area (Å²) in [5.41, 5.74) is -0.378. The molecule has 0 spiro atoms. The lowest BCUT2D eigenvalue weighted by Crippen LogP contribution is -2.49. The maximum absolute atomic E-state index is 13.4. The van der Waals surface area contributed by atoms with Gasteiger partial charge in [0, 0.05) is 53.1 Å². The lowest BCUT2D eigenvalue weighted by atomic mass is 10.2. The third-order valence-corrected chi connectivity index (χ3v) is 5.77. The lowest BCUT2D eigenvalue weighted by Gasteiger charge is -2.36. The van der Waals surface area contributed by atoms with E-state index in [0.717, 1.165) is 4.57 Å². The van der Waals surface area contributed by atoms with Gasteiger partial charge in [-0.2, -0.15) is 0 Å². The quantitative estimate of drug-likeness (QED) is 0.454. The van der Waals surface area contributed by atoms with E-state index in [4.69, 9.17) is 9.15 Å². The number of furan rings is 1. The molecule has 1 fully saturated rings. The summed E-state index contributed by atoms with van der Waals surface area (Å²) >= 11 is 0. The summed E-state index contributed by atoms with van der Waals surface area (Å²) in [4.78, 5) is 58.9. The van der Waals surface area contributed by atoms with E-state index in [0.29, 0.717) is 38.5 Å². The van der Waals surface area contributed by atoms with Crippen LogP contribution in [0.25, 0.3) is 11.0 Å². The second kappa shape index (κ2) is 9.91. The molecule has 0 aromatic carbocycles. The Kier molecular flexibility index (Phi) is 6.77. The zero-order valence-corrected chi connectivity index (χ0v) is 19.0. The third kappa shape index (κ3) is 4.44. The van der Waals surface area contributed by atoms with Gasteiger partial charge in [-0.15, -0.1) is 0 Å². The molecular formula is C22H26N6O6. The molecule has 4 heterocycles. The standard InChI is InChI=1S/C22H26N6O6/c1-25-19-18(21(31)28(22(25)32)14-17(29)23-7-13-33-2)15(5-6-24-19)26-8-10-27(11-9-26)20(30)16-4-3-12-34-16/h3-6,12H,7-11,13-14H2,1-2H3,(H,23,29). The van der Waals surface area contributed by atoms with Gasteiger partial charge in [-0.05, 0) is 18.2 Å². The van der Waals surface area contributed by atoms with Crippen LogP contribution in [0.4, 0.5) is 5.69 Å². The summed E-state index contributed by atoms with van der Waals surface area (Å²) in [5, 5.41) is 2.87. The van der Waals surface area contributed by atoms with E-state index < -0.39 is 23.7 Å². The number of hydrogen-bond acceptors (Lipinski definition) is 8. The van der Waals surface area contributed by atoms with Gasteiger partial charge in [-0.3, -0.25) is 23.5 Å². The van der Waals surface area contributed by atoms with Crippen molar-refractivity contribution >= 4 is 28.5 Å². The van der Waals surface area contributed by atoms with Gasteiger partial charge < -0.3 is 24.3 Å². The fourth-order valence-corrected chi connectivity index (χ4v) is 4.00. The number of carbonyl (C=O) groups is 2. The van der Waals surface area contributed by atoms with Crippen molar-refractivity contribution in [2.24, 2.45) is 7.05 Å². The van der Waals surface area contributed by atoms with Crippen molar-refractivity contribution in [3.63, 3.8) is 0 Å². The molecule has 0 bridgehead atoms. The fraction of sp³-hybridized carbons (Fsp3) is 0.409. The predicted octanol–water partition coefficient (Wildman–Crippen LogP) is -0.587. The van der Waals surface area contributed by atoms with Crippen molar-refractivity contribution < 1.29 is 18.7 Å². The first-order valence-corrected chi connectivity index (χ1v) is 10.8. The molecule has 4 rings (SSSR count). The molecule has 3 aromatic heterocycles. The summed E-state index contributed by atoms with van der Waals surface area (Å²) in [6.07, 6.45) is 3.00. The smallest absolute Gasteiger partial charge is 0.332 e. The van der Waals surface area contributed by atoms with Crippen molar-refractivity contribution in [3.8, 4) is 0 Å². The highest BCUT2D eigenvalue weighted by Crippen LogP contribution is 2.23. The normalized spacial score (nSPS) is 13.9. The van der Waals surface area contributed by atoms with Crippen LogP contribution >= 0.6 is 0 Å². The van der Waals surface area contributed by atoms with Crippen LogP contribution in [0.2, 0.25) is 0 Å². The Morgan fingerprint density at radius 3 is 2.62 bits per heavy atom. The van der Waals surface area contributed by atoms with Gasteiger partial charge >= 0.3 is 5.69 Å². The number of nitrogens with one attached hydrogen (secondary N) is 1. The van der Waals surface area contributed by atoms with Crippen molar-refractivity contribution in [3.05, 3.63) is 57.3 Å². The number of carbonyl (C=O) groups excluding carboxylic acids is 2. The number of aryl methyl sites for hydroxylation is 1. The average molecular weight is 470 g/mol. The number of piperazine rings is 1. The van der Waals surface area contributed by atoms with Crippen LogP contribution in [-0.4, -0.2) is 77.3 Å². The summed E-state index contributed by atoms with van der Waals surface area (Å²) in [6, 6.07) is 5.00. The SMILES string of the molecule is COCCNC(=O)Cn1c(=O)c2c(N3CCN(C(=O)c4ccco4)CC3)ccnc2n(C)c1=O. The highest BCUT2D eigenvalue weighted by atomic mass is 16.5. The molecule has 12 nitrogen and oxygen atoms in total. The Balaban J connectivity index is 1.62. The van der Waals surface area contributed by atoms with Crippen molar-refractivity contribution in [2.45, 2.75) is 6.54 Å². The van der Waals surface area contributed by atoms with Gasteiger partial charge in [0.2, 0.25) is 5.91 Å². The topological polar surface area (TPSA) is 132 Å². The number of amides is 2. The number of aromatic nitrogens is 3. The maximum atomic E-state index is 13.4. The molecule has 0 saturated carbocycles. The van der Waals surface area contributed by atoms with Crippen molar-refractivity contribution in [1.29, 1.82) is 0 Å². The minimum absolute atomic E-state index is 0.187. The van der Waals surface area contributed by atoms with E-state index in [-0.39, 0.29) is 29.2 Å². The lowest BCUT2D eigenvalue weighted by molar-refractivity contribution is -0.121. The van der Waals surface area contributed by atoms with Crippen molar-refractivity contribution in [2.75, 3.05) is 51.3 Å².